The summed E-state index contributed by atoms with van der Waals surface area (Å²) in [5.74, 6) is 1.22. The molecule has 0 bridgehead atoms. The predicted molar refractivity (Wildman–Crippen MR) is 71.0 cm³/mol. The third-order valence-electron chi connectivity index (χ3n) is 3.87. The molecule has 0 radical (unpaired) electrons. The molecule has 1 aliphatic heterocycles. The highest BCUT2D eigenvalue weighted by molar-refractivity contribution is 8.00. The van der Waals surface area contributed by atoms with Crippen molar-refractivity contribution in [3.05, 3.63) is 0 Å². The Balaban J connectivity index is 1.98. The summed E-state index contributed by atoms with van der Waals surface area (Å²) >= 11 is 2.07. The third kappa shape index (κ3) is 3.14. The Morgan fingerprint density at radius 3 is 2.69 bits per heavy atom. The molecule has 1 saturated carbocycles. The number of aliphatic hydroxyl groups excluding tert-OH is 1. The van der Waals surface area contributed by atoms with Crippen LogP contribution in [0.2, 0.25) is 0 Å². The normalized spacial score (nSPS) is 36.9. The first-order valence-electron chi connectivity index (χ1n) is 6.65. The van der Waals surface area contributed by atoms with Gasteiger partial charge in [-0.25, -0.2) is 0 Å². The van der Waals surface area contributed by atoms with Crippen LogP contribution in [-0.2, 0) is 0 Å². The van der Waals surface area contributed by atoms with Gasteiger partial charge in [0.2, 0.25) is 0 Å². The van der Waals surface area contributed by atoms with Crippen LogP contribution >= 0.6 is 11.8 Å². The highest BCUT2D eigenvalue weighted by atomic mass is 32.2. The molecule has 0 aromatic rings. The van der Waals surface area contributed by atoms with Crippen LogP contribution in [0.25, 0.3) is 0 Å². The Bertz CT molecular complexity index is 232. The lowest BCUT2D eigenvalue weighted by atomic mass is 10.0. The second-order valence-electron chi connectivity index (χ2n) is 5.85. The molecule has 1 heterocycles. The van der Waals surface area contributed by atoms with Crippen molar-refractivity contribution in [2.45, 2.75) is 62.8 Å². The van der Waals surface area contributed by atoms with Gasteiger partial charge < -0.3 is 5.11 Å². The SMILES string of the molecule is CC1(C)CN(C2CCCCCC2O)CCS1. The number of rotatable bonds is 1. The topological polar surface area (TPSA) is 23.5 Å². The summed E-state index contributed by atoms with van der Waals surface area (Å²) in [5, 5.41) is 10.2. The van der Waals surface area contributed by atoms with Gasteiger partial charge in [0, 0.05) is 29.6 Å². The molecule has 2 atom stereocenters. The van der Waals surface area contributed by atoms with Crippen LogP contribution in [0.4, 0.5) is 0 Å². The summed E-state index contributed by atoms with van der Waals surface area (Å²) in [7, 11) is 0. The van der Waals surface area contributed by atoms with Gasteiger partial charge in [0.05, 0.1) is 6.10 Å². The Kier molecular flexibility index (Phi) is 4.20. The maximum absolute atomic E-state index is 10.2. The quantitative estimate of drug-likeness (QED) is 0.716. The molecule has 0 aromatic heterocycles. The van der Waals surface area contributed by atoms with E-state index in [1.807, 2.05) is 0 Å². The fraction of sp³-hybridized carbons (Fsp3) is 1.00. The van der Waals surface area contributed by atoms with Crippen LogP contribution in [0.5, 0.6) is 0 Å². The molecule has 16 heavy (non-hydrogen) atoms. The molecule has 2 fully saturated rings. The van der Waals surface area contributed by atoms with Crippen molar-refractivity contribution in [1.29, 1.82) is 0 Å². The largest absolute Gasteiger partial charge is 0.391 e. The van der Waals surface area contributed by atoms with Gasteiger partial charge in [-0.05, 0) is 26.7 Å². The van der Waals surface area contributed by atoms with Crippen molar-refractivity contribution in [2.75, 3.05) is 18.8 Å². The number of hydrogen-bond donors (Lipinski definition) is 1. The fourth-order valence-corrected chi connectivity index (χ4v) is 4.17. The zero-order chi connectivity index (χ0) is 11.6. The fourth-order valence-electron chi connectivity index (χ4n) is 3.03. The van der Waals surface area contributed by atoms with Crippen molar-refractivity contribution < 1.29 is 5.11 Å². The minimum absolute atomic E-state index is 0.0820. The Morgan fingerprint density at radius 1 is 1.19 bits per heavy atom. The van der Waals surface area contributed by atoms with E-state index in [0.29, 0.717) is 10.8 Å². The molecule has 1 saturated heterocycles. The molecule has 2 aliphatic rings. The number of nitrogens with zero attached hydrogens (tertiary/aromatic N) is 1. The van der Waals surface area contributed by atoms with Crippen molar-refractivity contribution in [2.24, 2.45) is 0 Å². The van der Waals surface area contributed by atoms with E-state index in [9.17, 15) is 5.11 Å². The van der Waals surface area contributed by atoms with Crippen molar-refractivity contribution in [1.82, 2.24) is 4.90 Å². The molecular formula is C13H25NOS. The minimum Gasteiger partial charge on any atom is -0.391 e. The van der Waals surface area contributed by atoms with Crippen molar-refractivity contribution in [3.8, 4) is 0 Å². The van der Waals surface area contributed by atoms with E-state index in [1.165, 1.54) is 31.4 Å². The highest BCUT2D eigenvalue weighted by Gasteiger charge is 2.34. The Hall–Kier alpha value is 0.270. The van der Waals surface area contributed by atoms with Crippen LogP contribution < -0.4 is 0 Å². The Labute approximate surface area is 104 Å². The first-order valence-corrected chi connectivity index (χ1v) is 7.63. The van der Waals surface area contributed by atoms with Crippen molar-refractivity contribution >= 4 is 11.8 Å². The van der Waals surface area contributed by atoms with E-state index < -0.39 is 0 Å². The van der Waals surface area contributed by atoms with Gasteiger partial charge in [-0.3, -0.25) is 4.90 Å². The van der Waals surface area contributed by atoms with Crippen LogP contribution in [-0.4, -0.2) is 45.7 Å². The van der Waals surface area contributed by atoms with Gasteiger partial charge in [-0.2, -0.15) is 11.8 Å². The van der Waals surface area contributed by atoms with Gasteiger partial charge >= 0.3 is 0 Å². The molecule has 94 valence electrons. The van der Waals surface area contributed by atoms with E-state index in [2.05, 4.69) is 30.5 Å². The monoisotopic (exact) mass is 243 g/mol. The summed E-state index contributed by atoms with van der Waals surface area (Å²) in [6.45, 7) is 6.95. The number of aliphatic hydroxyl groups is 1. The van der Waals surface area contributed by atoms with Crippen LogP contribution in [0.1, 0.15) is 46.0 Å². The van der Waals surface area contributed by atoms with E-state index in [-0.39, 0.29) is 6.10 Å². The van der Waals surface area contributed by atoms with Crippen LogP contribution in [0.3, 0.4) is 0 Å². The molecular weight excluding hydrogens is 218 g/mol. The maximum atomic E-state index is 10.2. The second kappa shape index (κ2) is 5.28. The molecule has 2 rings (SSSR count). The summed E-state index contributed by atoms with van der Waals surface area (Å²) in [6, 6.07) is 0.433. The highest BCUT2D eigenvalue weighted by Crippen LogP contribution is 2.33. The van der Waals surface area contributed by atoms with E-state index in [4.69, 9.17) is 0 Å². The van der Waals surface area contributed by atoms with Crippen LogP contribution in [0.15, 0.2) is 0 Å². The van der Waals surface area contributed by atoms with Gasteiger partial charge in [0.1, 0.15) is 0 Å². The Morgan fingerprint density at radius 2 is 1.94 bits per heavy atom. The smallest absolute Gasteiger partial charge is 0.0695 e. The minimum atomic E-state index is -0.0820. The van der Waals surface area contributed by atoms with Gasteiger partial charge in [-0.1, -0.05) is 19.3 Å². The average molecular weight is 243 g/mol. The average Bonchev–Trinajstić information content (AvgIpc) is 2.41. The van der Waals surface area contributed by atoms with Crippen LogP contribution in [0, 0.1) is 0 Å². The standard InChI is InChI=1S/C13H25NOS/c1-13(2)10-14(8-9-16-13)11-6-4-3-5-7-12(11)15/h11-12,15H,3-10H2,1-2H3. The molecule has 2 nitrogen and oxygen atoms in total. The first-order chi connectivity index (χ1) is 7.58. The van der Waals surface area contributed by atoms with Gasteiger partial charge in [-0.15, -0.1) is 0 Å². The lowest BCUT2D eigenvalue weighted by Gasteiger charge is -2.43. The molecule has 0 amide bonds. The van der Waals surface area contributed by atoms with Crippen molar-refractivity contribution in [3.63, 3.8) is 0 Å². The van der Waals surface area contributed by atoms with E-state index >= 15 is 0 Å². The molecule has 2 unspecified atom stereocenters. The van der Waals surface area contributed by atoms with Gasteiger partial charge in [0.25, 0.3) is 0 Å². The second-order valence-corrected chi connectivity index (χ2v) is 7.65. The predicted octanol–water partition coefficient (Wildman–Crippen LogP) is 2.51. The molecule has 3 heteroatoms. The third-order valence-corrected chi connectivity index (χ3v) is 5.17. The van der Waals surface area contributed by atoms with E-state index in [0.717, 1.165) is 19.5 Å². The summed E-state index contributed by atoms with van der Waals surface area (Å²) in [6.07, 6.45) is 5.94. The first kappa shape index (κ1) is 12.7. The number of hydrogen-bond acceptors (Lipinski definition) is 3. The molecule has 1 aliphatic carbocycles. The molecule has 0 spiro atoms. The molecule has 1 N–H and O–H groups in total. The van der Waals surface area contributed by atoms with Gasteiger partial charge in [0.15, 0.2) is 0 Å². The number of thioether (sulfide) groups is 1. The zero-order valence-corrected chi connectivity index (χ0v) is 11.4. The lowest BCUT2D eigenvalue weighted by Crippen LogP contribution is -2.52. The maximum Gasteiger partial charge on any atom is 0.0695 e. The summed E-state index contributed by atoms with van der Waals surface area (Å²) < 4.78 is 0.365. The summed E-state index contributed by atoms with van der Waals surface area (Å²) in [4.78, 5) is 2.55. The molecule has 0 aromatic carbocycles. The summed E-state index contributed by atoms with van der Waals surface area (Å²) in [5.41, 5.74) is 0. The van der Waals surface area contributed by atoms with E-state index in [1.54, 1.807) is 0 Å². The lowest BCUT2D eigenvalue weighted by molar-refractivity contribution is 0.0416. The zero-order valence-electron chi connectivity index (χ0n) is 10.6.